The summed E-state index contributed by atoms with van der Waals surface area (Å²) in [5.74, 6) is -4.92. The van der Waals surface area contributed by atoms with Gasteiger partial charge in [-0.3, -0.25) is 0 Å². The molecule has 0 aliphatic heterocycles. The normalized spacial score (nSPS) is 10.4. The van der Waals surface area contributed by atoms with Crippen molar-refractivity contribution >= 4 is 23.9 Å². The first-order chi connectivity index (χ1) is 15.1. The van der Waals surface area contributed by atoms with Crippen LogP contribution in [-0.2, 0) is 0 Å². The zero-order valence-corrected chi connectivity index (χ0v) is 16.5. The topological polar surface area (TPSA) is 158 Å². The fourth-order valence-corrected chi connectivity index (χ4v) is 3.13. The first kappa shape index (κ1) is 22.0. The second kappa shape index (κ2) is 8.60. The number of benzene rings is 3. The zero-order chi connectivity index (χ0) is 23.6. The van der Waals surface area contributed by atoms with Crippen molar-refractivity contribution in [1.29, 1.82) is 0 Å². The lowest BCUT2D eigenvalue weighted by Gasteiger charge is -2.12. The van der Waals surface area contributed by atoms with E-state index < -0.39 is 23.9 Å². The number of hydrogen-bond donors (Lipinski definition) is 4. The van der Waals surface area contributed by atoms with Crippen LogP contribution >= 0.6 is 0 Å². The lowest BCUT2D eigenvalue weighted by Crippen LogP contribution is -2.03. The summed E-state index contributed by atoms with van der Waals surface area (Å²) >= 11 is 0. The van der Waals surface area contributed by atoms with E-state index in [9.17, 15) is 39.6 Å². The van der Waals surface area contributed by atoms with Gasteiger partial charge in [0.1, 0.15) is 5.75 Å². The van der Waals surface area contributed by atoms with Crippen LogP contribution in [0, 0.1) is 0 Å². The van der Waals surface area contributed by atoms with Crippen molar-refractivity contribution in [1.82, 2.24) is 0 Å². The maximum absolute atomic E-state index is 11.4. The Morgan fingerprint density at radius 2 is 0.781 bits per heavy atom. The predicted octanol–water partition coefficient (Wildman–Crippen LogP) is 3.82. The molecule has 0 atom stereocenters. The first-order valence-electron chi connectivity index (χ1n) is 9.02. The van der Waals surface area contributed by atoms with E-state index in [1.807, 2.05) is 0 Å². The van der Waals surface area contributed by atoms with Crippen LogP contribution in [0.1, 0.15) is 41.4 Å². The van der Waals surface area contributed by atoms with Gasteiger partial charge in [0, 0.05) is 0 Å². The maximum atomic E-state index is 11.4. The molecule has 162 valence electrons. The lowest BCUT2D eigenvalue weighted by molar-refractivity contribution is 0.0676. The Morgan fingerprint density at radius 1 is 0.500 bits per heavy atom. The molecule has 3 aromatic rings. The average Bonchev–Trinajstić information content (AvgIpc) is 2.77. The van der Waals surface area contributed by atoms with Crippen LogP contribution in [0.4, 0.5) is 0 Å². The highest BCUT2D eigenvalue weighted by atomic mass is 16.5. The molecule has 9 heteroatoms. The van der Waals surface area contributed by atoms with Gasteiger partial charge in [-0.15, -0.1) is 0 Å². The van der Waals surface area contributed by atoms with E-state index in [4.69, 9.17) is 4.74 Å². The quantitative estimate of drug-likeness (QED) is 0.432. The van der Waals surface area contributed by atoms with Crippen LogP contribution in [0.5, 0.6) is 5.75 Å². The molecule has 0 aliphatic rings. The molecule has 9 nitrogen and oxygen atoms in total. The number of methoxy groups -OCH3 is 1. The van der Waals surface area contributed by atoms with Crippen molar-refractivity contribution in [3.63, 3.8) is 0 Å². The minimum atomic E-state index is -1.31. The van der Waals surface area contributed by atoms with E-state index in [2.05, 4.69) is 0 Å². The number of rotatable bonds is 7. The molecule has 0 saturated carbocycles. The third-order valence-electron chi connectivity index (χ3n) is 4.66. The highest BCUT2D eigenvalue weighted by molar-refractivity contribution is 5.98. The van der Waals surface area contributed by atoms with E-state index in [1.165, 1.54) is 31.4 Å². The average molecular weight is 436 g/mol. The summed E-state index contributed by atoms with van der Waals surface area (Å²) in [6.45, 7) is 0. The molecule has 0 spiro atoms. The van der Waals surface area contributed by atoms with Crippen LogP contribution in [0.3, 0.4) is 0 Å². The third kappa shape index (κ3) is 4.57. The minimum absolute atomic E-state index is 0.231. The van der Waals surface area contributed by atoms with Crippen LogP contribution in [0.2, 0.25) is 0 Å². The number of carboxylic acid groups (broad SMARTS) is 4. The molecule has 0 aliphatic carbocycles. The zero-order valence-electron chi connectivity index (χ0n) is 16.5. The molecular weight excluding hydrogens is 420 g/mol. The molecule has 0 saturated heterocycles. The van der Waals surface area contributed by atoms with Gasteiger partial charge in [-0.1, -0.05) is 0 Å². The van der Waals surface area contributed by atoms with E-state index in [0.29, 0.717) is 16.9 Å². The van der Waals surface area contributed by atoms with Crippen LogP contribution in [-0.4, -0.2) is 51.4 Å². The number of carbonyl (C=O) groups is 4. The van der Waals surface area contributed by atoms with Gasteiger partial charge in [0.2, 0.25) is 0 Å². The molecule has 32 heavy (non-hydrogen) atoms. The summed E-state index contributed by atoms with van der Waals surface area (Å²) in [5.41, 5.74) is 0.405. The monoisotopic (exact) mass is 436 g/mol. The van der Waals surface area contributed by atoms with Gasteiger partial charge in [-0.05, 0) is 76.9 Å². The van der Waals surface area contributed by atoms with Crippen molar-refractivity contribution in [2.75, 3.05) is 7.11 Å². The Morgan fingerprint density at radius 3 is 1.03 bits per heavy atom. The van der Waals surface area contributed by atoms with E-state index in [-0.39, 0.29) is 33.4 Å². The Kier molecular flexibility index (Phi) is 5.92. The molecule has 0 unspecified atom stereocenters. The van der Waals surface area contributed by atoms with E-state index in [1.54, 1.807) is 18.2 Å². The second-order valence-corrected chi connectivity index (χ2v) is 6.77. The summed E-state index contributed by atoms with van der Waals surface area (Å²) < 4.78 is 5.28. The Balaban J connectivity index is 2.26. The largest absolute Gasteiger partial charge is 0.497 e. The molecular formula is C23H16O9. The molecule has 0 bridgehead atoms. The predicted molar refractivity (Wildman–Crippen MR) is 112 cm³/mol. The van der Waals surface area contributed by atoms with Crippen LogP contribution in [0.15, 0.2) is 54.6 Å². The molecule has 0 fully saturated rings. The SMILES string of the molecule is COc1cc(-c2cc(C(=O)O)cc(C(=O)O)c2)cc(-c2cc(C(=O)O)cc(C(=O)O)c2)c1. The van der Waals surface area contributed by atoms with Gasteiger partial charge in [-0.2, -0.15) is 0 Å². The fourth-order valence-electron chi connectivity index (χ4n) is 3.13. The molecule has 3 aromatic carbocycles. The highest BCUT2D eigenvalue weighted by Crippen LogP contribution is 2.33. The van der Waals surface area contributed by atoms with Crippen molar-refractivity contribution < 1.29 is 44.3 Å². The molecule has 0 amide bonds. The number of hydrogen-bond acceptors (Lipinski definition) is 5. The minimum Gasteiger partial charge on any atom is -0.497 e. The Hall–Kier alpha value is -4.66. The summed E-state index contributed by atoms with van der Waals surface area (Å²) in [6, 6.07) is 11.9. The molecule has 0 radical (unpaired) electrons. The first-order valence-corrected chi connectivity index (χ1v) is 9.02. The molecule has 4 N–H and O–H groups in total. The van der Waals surface area contributed by atoms with Gasteiger partial charge in [0.25, 0.3) is 0 Å². The summed E-state index contributed by atoms with van der Waals surface area (Å²) in [4.78, 5) is 45.8. The molecule has 3 rings (SSSR count). The smallest absolute Gasteiger partial charge is 0.335 e. The summed E-state index contributed by atoms with van der Waals surface area (Å²) in [5, 5.41) is 37.3. The van der Waals surface area contributed by atoms with Crippen LogP contribution < -0.4 is 4.74 Å². The summed E-state index contributed by atoms with van der Waals surface area (Å²) in [6.07, 6.45) is 0. The van der Waals surface area contributed by atoms with Crippen molar-refractivity contribution in [3.8, 4) is 28.0 Å². The fraction of sp³-hybridized carbons (Fsp3) is 0.0435. The van der Waals surface area contributed by atoms with Crippen LogP contribution in [0.25, 0.3) is 22.3 Å². The maximum Gasteiger partial charge on any atom is 0.335 e. The summed E-state index contributed by atoms with van der Waals surface area (Å²) in [7, 11) is 1.38. The number of carboxylic acids is 4. The Labute approximate surface area is 180 Å². The van der Waals surface area contributed by atoms with Crippen molar-refractivity contribution in [2.24, 2.45) is 0 Å². The second-order valence-electron chi connectivity index (χ2n) is 6.77. The van der Waals surface area contributed by atoms with E-state index >= 15 is 0 Å². The van der Waals surface area contributed by atoms with Gasteiger partial charge in [-0.25, -0.2) is 19.2 Å². The van der Waals surface area contributed by atoms with E-state index in [0.717, 1.165) is 12.1 Å². The van der Waals surface area contributed by atoms with Gasteiger partial charge in [0.15, 0.2) is 0 Å². The van der Waals surface area contributed by atoms with Crippen molar-refractivity contribution in [2.45, 2.75) is 0 Å². The number of ether oxygens (including phenoxy) is 1. The van der Waals surface area contributed by atoms with Gasteiger partial charge in [0.05, 0.1) is 29.4 Å². The van der Waals surface area contributed by atoms with Crippen molar-refractivity contribution in [3.05, 3.63) is 76.9 Å². The van der Waals surface area contributed by atoms with Gasteiger partial charge >= 0.3 is 23.9 Å². The standard InChI is InChI=1S/C23H16O9/c1-32-19-9-13(11-3-15(20(24)25)7-16(4-11)21(26)27)2-14(10-19)12-5-17(22(28)29)8-18(6-12)23(30)31/h2-10H,1H3,(H,24,25)(H,26,27)(H,28,29)(H,30,31). The Bertz CT molecular complexity index is 1120. The van der Waals surface area contributed by atoms with Gasteiger partial charge < -0.3 is 25.2 Å². The third-order valence-corrected chi connectivity index (χ3v) is 4.66. The molecule has 0 heterocycles. The molecule has 0 aromatic heterocycles. The highest BCUT2D eigenvalue weighted by Gasteiger charge is 2.16. The number of aromatic carboxylic acids is 4. The lowest BCUT2D eigenvalue weighted by atomic mass is 9.94.